The van der Waals surface area contributed by atoms with E-state index in [1.165, 1.54) is 0 Å². The average molecular weight is 792 g/mol. The van der Waals surface area contributed by atoms with Gasteiger partial charge in [0.15, 0.2) is 5.78 Å². The van der Waals surface area contributed by atoms with Gasteiger partial charge in [-0.25, -0.2) is 21.6 Å². The summed E-state index contributed by atoms with van der Waals surface area (Å²) >= 11 is 13.0. The van der Waals surface area contributed by atoms with Crippen LogP contribution < -0.4 is 0 Å². The lowest BCUT2D eigenvalue weighted by molar-refractivity contribution is -0.110. The van der Waals surface area contributed by atoms with Crippen molar-refractivity contribution in [1.82, 2.24) is 0 Å². The molecule has 0 atom stereocenters. The summed E-state index contributed by atoms with van der Waals surface area (Å²) in [6.45, 7) is 0. The molecule has 36 heavy (non-hydrogen) atoms. The number of carboxylic acid groups (broad SMARTS) is 1. The monoisotopic (exact) mass is 788 g/mol. The summed E-state index contributed by atoms with van der Waals surface area (Å²) in [6.07, 6.45) is 2.57. The third-order valence-corrected chi connectivity index (χ3v) is 11.2. The van der Waals surface area contributed by atoms with Gasteiger partial charge in [0.25, 0.3) is 0 Å². The fraction of sp³-hybridized carbons (Fsp3) is 0. The number of hydrogen-bond donors (Lipinski definition) is 2. The Morgan fingerprint density at radius 1 is 0.833 bits per heavy atom. The molecule has 16 heteroatoms. The van der Waals surface area contributed by atoms with Gasteiger partial charge in [0.2, 0.25) is 0 Å². The minimum atomic E-state index is -5.27. The van der Waals surface area contributed by atoms with Crippen LogP contribution in [0, 0.1) is 0 Å². The number of benzene rings is 2. The topological polar surface area (TPSA) is 189 Å². The molecule has 0 heterocycles. The number of aromatic hydroxyl groups is 1. The summed E-state index contributed by atoms with van der Waals surface area (Å²) in [5.41, 5.74) is -1.10. The van der Waals surface area contributed by atoms with Gasteiger partial charge < -0.3 is 19.3 Å². The summed E-state index contributed by atoms with van der Waals surface area (Å²) in [5, 5.41) is 19.9. The maximum absolute atomic E-state index is 12.3. The zero-order valence-electron chi connectivity index (χ0n) is 17.0. The van der Waals surface area contributed by atoms with E-state index in [1.54, 1.807) is 0 Å². The molecule has 0 saturated carbocycles. The molecule has 0 aromatic heterocycles. The molecule has 3 rings (SSSR count). The van der Waals surface area contributed by atoms with Gasteiger partial charge in [-0.05, 0) is 105 Å². The highest BCUT2D eigenvalue weighted by Gasteiger charge is 2.29. The van der Waals surface area contributed by atoms with E-state index in [4.69, 9.17) is 0 Å². The zero-order valence-corrected chi connectivity index (χ0v) is 24.9. The van der Waals surface area contributed by atoms with Gasteiger partial charge in [-0.2, -0.15) is 0 Å². The lowest BCUT2D eigenvalue weighted by Gasteiger charge is -2.22. The van der Waals surface area contributed by atoms with Gasteiger partial charge in [0.05, 0.1) is 10.5 Å². The van der Waals surface area contributed by atoms with E-state index in [1.807, 2.05) is 0 Å². The number of carbonyl (C=O) groups is 2. The molecule has 0 aliphatic heterocycles. The SMILES string of the molecule is O=C1C=CC(=C(c2ccc(O)c(S(=O)(=O)[O-])c2)c2c(Br)c(Br)c(Br)c(Br)c2C(=O)O)C=C1S(=O)(=O)[O-]. The summed E-state index contributed by atoms with van der Waals surface area (Å²) in [5.74, 6) is -3.49. The molecule has 0 radical (unpaired) electrons. The first-order chi connectivity index (χ1) is 16.5. The molecule has 0 unspecified atom stereocenters. The largest absolute Gasteiger partial charge is 0.744 e. The second kappa shape index (κ2) is 10.2. The highest BCUT2D eigenvalue weighted by Crippen LogP contribution is 2.47. The molecule has 0 saturated heterocycles. The minimum absolute atomic E-state index is 0.0186. The third-order valence-electron chi connectivity index (χ3n) is 4.75. The Morgan fingerprint density at radius 2 is 1.39 bits per heavy atom. The predicted octanol–water partition coefficient (Wildman–Crippen LogP) is 4.41. The van der Waals surface area contributed by atoms with E-state index in [-0.39, 0.29) is 40.2 Å². The Balaban J connectivity index is 2.65. The van der Waals surface area contributed by atoms with Crippen LogP contribution in [-0.4, -0.2) is 47.9 Å². The van der Waals surface area contributed by atoms with Crippen LogP contribution in [0.15, 0.2) is 69.7 Å². The van der Waals surface area contributed by atoms with E-state index in [0.29, 0.717) is 6.08 Å². The first-order valence-corrected chi connectivity index (χ1v) is 15.0. The fourth-order valence-electron chi connectivity index (χ4n) is 3.25. The van der Waals surface area contributed by atoms with E-state index in [2.05, 4.69) is 63.7 Å². The second-order valence-electron chi connectivity index (χ2n) is 6.94. The van der Waals surface area contributed by atoms with Crippen molar-refractivity contribution in [3.8, 4) is 5.75 Å². The lowest BCUT2D eigenvalue weighted by Crippen LogP contribution is -2.15. The van der Waals surface area contributed by atoms with Crippen molar-refractivity contribution >= 4 is 101 Å². The Kier molecular flexibility index (Phi) is 8.23. The molecule has 190 valence electrons. The van der Waals surface area contributed by atoms with Crippen molar-refractivity contribution in [3.05, 3.63) is 81.5 Å². The Morgan fingerprint density at radius 3 is 1.89 bits per heavy atom. The number of aromatic carboxylic acids is 1. The van der Waals surface area contributed by atoms with Crippen molar-refractivity contribution in [1.29, 1.82) is 0 Å². The van der Waals surface area contributed by atoms with Gasteiger partial charge in [-0.1, -0.05) is 12.1 Å². The normalized spacial score (nSPS) is 15.6. The molecular formula is C20H8Br4O10S2-2. The molecule has 2 N–H and O–H groups in total. The molecule has 0 amide bonds. The first-order valence-electron chi connectivity index (χ1n) is 9.00. The van der Waals surface area contributed by atoms with Crippen molar-refractivity contribution in [3.63, 3.8) is 0 Å². The van der Waals surface area contributed by atoms with Gasteiger partial charge in [-0.15, -0.1) is 0 Å². The lowest BCUT2D eigenvalue weighted by atomic mass is 9.88. The number of phenols is 1. The van der Waals surface area contributed by atoms with Crippen LogP contribution in [0.25, 0.3) is 5.57 Å². The van der Waals surface area contributed by atoms with Gasteiger partial charge >= 0.3 is 5.97 Å². The second-order valence-corrected chi connectivity index (χ2v) is 12.8. The van der Waals surface area contributed by atoms with E-state index in [9.17, 15) is 45.7 Å². The van der Waals surface area contributed by atoms with Crippen molar-refractivity contribution < 1.29 is 45.7 Å². The summed E-state index contributed by atoms with van der Waals surface area (Å²) in [6, 6.07) is 2.76. The first kappa shape index (κ1) is 28.9. The quantitative estimate of drug-likeness (QED) is 0.249. The third kappa shape index (κ3) is 5.45. The number of carbonyl (C=O) groups excluding carboxylic acids is 1. The highest BCUT2D eigenvalue weighted by molar-refractivity contribution is 9.15. The summed E-state index contributed by atoms with van der Waals surface area (Å²) in [7, 11) is -10.5. The van der Waals surface area contributed by atoms with Crippen molar-refractivity contribution in [2.24, 2.45) is 0 Å². The van der Waals surface area contributed by atoms with Crippen LogP contribution in [0.1, 0.15) is 21.5 Å². The molecule has 2 aromatic carbocycles. The molecule has 2 aromatic rings. The van der Waals surface area contributed by atoms with E-state index < -0.39 is 53.1 Å². The maximum Gasteiger partial charge on any atom is 0.337 e. The predicted molar refractivity (Wildman–Crippen MR) is 138 cm³/mol. The van der Waals surface area contributed by atoms with E-state index >= 15 is 0 Å². The summed E-state index contributed by atoms with van der Waals surface area (Å²) in [4.78, 5) is 22.2. The highest BCUT2D eigenvalue weighted by atomic mass is 79.9. The number of carboxylic acids is 1. The van der Waals surface area contributed by atoms with Gasteiger partial charge in [0, 0.05) is 23.5 Å². The Bertz CT molecular complexity index is 1670. The average Bonchev–Trinajstić information content (AvgIpc) is 2.76. The van der Waals surface area contributed by atoms with Gasteiger partial charge in [0.1, 0.15) is 30.9 Å². The maximum atomic E-state index is 12.3. The smallest absolute Gasteiger partial charge is 0.337 e. The number of ketones is 1. The van der Waals surface area contributed by atoms with Crippen LogP contribution in [0.3, 0.4) is 0 Å². The molecule has 1 aliphatic rings. The number of allylic oxidation sites excluding steroid dienone is 5. The number of phenolic OH excluding ortho intramolecular Hbond substituents is 1. The molecule has 0 bridgehead atoms. The summed E-state index contributed by atoms with van der Waals surface area (Å²) < 4.78 is 70.8. The minimum Gasteiger partial charge on any atom is -0.744 e. The molecular weight excluding hydrogens is 784 g/mol. The number of halogens is 4. The van der Waals surface area contributed by atoms with Crippen LogP contribution in [0.2, 0.25) is 0 Å². The van der Waals surface area contributed by atoms with Crippen LogP contribution in [0.4, 0.5) is 0 Å². The standard InChI is InChI=1S/C20H10Br4O10S2/c21-16-14(15(20(27)28)17(22)19(24)18(16)23)13(7-1-3-9(25)11(5-7)35(29,30)31)8-2-4-10(26)12(6-8)36(32,33)34/h1-6,25H,(H,27,28)(H,29,30,31)(H,32,33,34)/p-2. The Labute approximate surface area is 237 Å². The fourth-order valence-corrected chi connectivity index (χ4v) is 6.92. The molecule has 0 spiro atoms. The zero-order chi connectivity index (χ0) is 27.3. The van der Waals surface area contributed by atoms with E-state index in [0.717, 1.165) is 30.4 Å². The van der Waals surface area contributed by atoms with Crippen molar-refractivity contribution in [2.75, 3.05) is 0 Å². The molecule has 10 nitrogen and oxygen atoms in total. The van der Waals surface area contributed by atoms with Crippen LogP contribution in [0.5, 0.6) is 5.75 Å². The molecule has 0 fully saturated rings. The number of rotatable bonds is 5. The van der Waals surface area contributed by atoms with Crippen LogP contribution >= 0.6 is 63.7 Å². The Hall–Kier alpha value is -1.66. The van der Waals surface area contributed by atoms with Crippen LogP contribution in [-0.2, 0) is 25.0 Å². The van der Waals surface area contributed by atoms with Crippen molar-refractivity contribution in [2.45, 2.75) is 4.90 Å². The number of hydrogen-bond acceptors (Lipinski definition) is 9. The van der Waals surface area contributed by atoms with Gasteiger partial charge in [-0.3, -0.25) is 4.79 Å². The molecule has 1 aliphatic carbocycles.